The van der Waals surface area contributed by atoms with Crippen molar-refractivity contribution in [2.45, 2.75) is 39.8 Å². The molecule has 0 atom stereocenters. The van der Waals surface area contributed by atoms with Crippen molar-refractivity contribution in [2.24, 2.45) is 0 Å². The summed E-state index contributed by atoms with van der Waals surface area (Å²) in [6.45, 7) is 8.85. The molecular formula is C19H23NO. The molecule has 0 saturated heterocycles. The van der Waals surface area contributed by atoms with E-state index in [1.54, 1.807) is 0 Å². The number of hydrogen-bond acceptors (Lipinski definition) is 1. The van der Waals surface area contributed by atoms with Crippen molar-refractivity contribution in [2.75, 3.05) is 0 Å². The van der Waals surface area contributed by atoms with Crippen molar-refractivity contribution in [1.29, 1.82) is 0 Å². The first-order valence-corrected chi connectivity index (χ1v) is 7.30. The third-order valence-electron chi connectivity index (χ3n) is 3.50. The minimum atomic E-state index is -0.226. The van der Waals surface area contributed by atoms with E-state index in [1.165, 1.54) is 0 Å². The SMILES string of the molecule is Cc1cccc(C(=O)N(Cc2ccccc2)C(C)(C)C)c1. The lowest BCUT2D eigenvalue weighted by atomic mass is 10.0. The quantitative estimate of drug-likeness (QED) is 0.814. The van der Waals surface area contributed by atoms with Gasteiger partial charge in [0.2, 0.25) is 0 Å². The van der Waals surface area contributed by atoms with Crippen LogP contribution >= 0.6 is 0 Å². The molecule has 2 nitrogen and oxygen atoms in total. The number of hydrogen-bond donors (Lipinski definition) is 0. The standard InChI is InChI=1S/C19H23NO/c1-15-9-8-12-17(13-15)18(21)20(19(2,3)4)14-16-10-6-5-7-11-16/h5-13H,14H2,1-4H3. The third-order valence-corrected chi connectivity index (χ3v) is 3.50. The van der Waals surface area contributed by atoms with Crippen LogP contribution in [-0.2, 0) is 6.54 Å². The van der Waals surface area contributed by atoms with Gasteiger partial charge in [-0.15, -0.1) is 0 Å². The van der Waals surface area contributed by atoms with Crippen LogP contribution in [0.15, 0.2) is 54.6 Å². The van der Waals surface area contributed by atoms with Crippen LogP contribution in [0.4, 0.5) is 0 Å². The molecule has 0 aliphatic rings. The first kappa shape index (κ1) is 15.3. The Morgan fingerprint density at radius 1 is 1.00 bits per heavy atom. The molecule has 0 bridgehead atoms. The van der Waals surface area contributed by atoms with E-state index in [4.69, 9.17) is 0 Å². The summed E-state index contributed by atoms with van der Waals surface area (Å²) < 4.78 is 0. The summed E-state index contributed by atoms with van der Waals surface area (Å²) in [5, 5.41) is 0. The van der Waals surface area contributed by atoms with Crippen molar-refractivity contribution in [3.63, 3.8) is 0 Å². The van der Waals surface area contributed by atoms with E-state index in [0.717, 1.165) is 16.7 Å². The van der Waals surface area contributed by atoms with Crippen molar-refractivity contribution >= 4 is 5.91 Å². The van der Waals surface area contributed by atoms with Crippen molar-refractivity contribution < 1.29 is 4.79 Å². The lowest BCUT2D eigenvalue weighted by molar-refractivity contribution is 0.0559. The molecule has 2 heteroatoms. The van der Waals surface area contributed by atoms with E-state index in [-0.39, 0.29) is 11.4 Å². The summed E-state index contributed by atoms with van der Waals surface area (Å²) in [5.41, 5.74) is 2.78. The topological polar surface area (TPSA) is 20.3 Å². The van der Waals surface area contributed by atoms with Crippen LogP contribution in [0, 0.1) is 6.92 Å². The van der Waals surface area contributed by atoms with Gasteiger partial charge >= 0.3 is 0 Å². The molecule has 2 aromatic rings. The molecule has 2 aromatic carbocycles. The van der Waals surface area contributed by atoms with Gasteiger partial charge in [-0.1, -0.05) is 48.0 Å². The largest absolute Gasteiger partial charge is 0.329 e. The summed E-state index contributed by atoms with van der Waals surface area (Å²) >= 11 is 0. The molecule has 0 unspecified atom stereocenters. The summed E-state index contributed by atoms with van der Waals surface area (Å²) in [5.74, 6) is 0.0788. The number of aryl methyl sites for hydroxylation is 1. The highest BCUT2D eigenvalue weighted by molar-refractivity contribution is 5.94. The summed E-state index contributed by atoms with van der Waals surface area (Å²) in [7, 11) is 0. The molecule has 0 N–H and O–H groups in total. The fourth-order valence-corrected chi connectivity index (χ4v) is 2.31. The molecule has 21 heavy (non-hydrogen) atoms. The molecule has 0 spiro atoms. The molecule has 0 aliphatic carbocycles. The maximum atomic E-state index is 12.9. The van der Waals surface area contributed by atoms with Gasteiger partial charge in [-0.05, 0) is 45.4 Å². The summed E-state index contributed by atoms with van der Waals surface area (Å²) in [6, 6.07) is 17.9. The molecule has 0 saturated carbocycles. The monoisotopic (exact) mass is 281 g/mol. The number of carbonyl (C=O) groups excluding carboxylic acids is 1. The summed E-state index contributed by atoms with van der Waals surface area (Å²) in [4.78, 5) is 14.8. The molecule has 0 aliphatic heterocycles. The smallest absolute Gasteiger partial charge is 0.254 e. The molecular weight excluding hydrogens is 258 g/mol. The predicted molar refractivity (Wildman–Crippen MR) is 87.2 cm³/mol. The van der Waals surface area contributed by atoms with Crippen LogP contribution in [0.1, 0.15) is 42.3 Å². The Morgan fingerprint density at radius 2 is 1.67 bits per heavy atom. The molecule has 110 valence electrons. The highest BCUT2D eigenvalue weighted by atomic mass is 16.2. The van der Waals surface area contributed by atoms with Gasteiger partial charge in [0.1, 0.15) is 0 Å². The van der Waals surface area contributed by atoms with E-state index >= 15 is 0 Å². The maximum Gasteiger partial charge on any atom is 0.254 e. The van der Waals surface area contributed by atoms with Crippen molar-refractivity contribution in [3.8, 4) is 0 Å². The second kappa shape index (κ2) is 6.13. The highest BCUT2D eigenvalue weighted by Crippen LogP contribution is 2.21. The Labute approximate surface area is 127 Å². The van der Waals surface area contributed by atoms with Crippen LogP contribution in [0.3, 0.4) is 0 Å². The lowest BCUT2D eigenvalue weighted by Gasteiger charge is -2.36. The van der Waals surface area contributed by atoms with E-state index in [9.17, 15) is 4.79 Å². The minimum Gasteiger partial charge on any atom is -0.329 e. The van der Waals surface area contributed by atoms with Gasteiger partial charge in [0.25, 0.3) is 5.91 Å². The van der Waals surface area contributed by atoms with Crippen molar-refractivity contribution in [1.82, 2.24) is 4.90 Å². The van der Waals surface area contributed by atoms with Crippen LogP contribution < -0.4 is 0 Å². The summed E-state index contributed by atoms with van der Waals surface area (Å²) in [6.07, 6.45) is 0. The average Bonchev–Trinajstić information content (AvgIpc) is 2.44. The fourth-order valence-electron chi connectivity index (χ4n) is 2.31. The van der Waals surface area contributed by atoms with E-state index in [2.05, 4.69) is 32.9 Å². The van der Waals surface area contributed by atoms with E-state index in [1.807, 2.05) is 54.3 Å². The van der Waals surface area contributed by atoms with Crippen LogP contribution in [0.5, 0.6) is 0 Å². The van der Waals surface area contributed by atoms with E-state index < -0.39 is 0 Å². The minimum absolute atomic E-state index is 0.0788. The zero-order valence-electron chi connectivity index (χ0n) is 13.3. The molecule has 0 fully saturated rings. The van der Waals surface area contributed by atoms with E-state index in [0.29, 0.717) is 6.54 Å². The Balaban J connectivity index is 2.30. The van der Waals surface area contributed by atoms with Gasteiger partial charge < -0.3 is 4.90 Å². The van der Waals surface area contributed by atoms with Gasteiger partial charge in [0.05, 0.1) is 0 Å². The Bertz CT molecular complexity index is 611. The van der Waals surface area contributed by atoms with Gasteiger partial charge in [0, 0.05) is 17.6 Å². The van der Waals surface area contributed by atoms with Crippen LogP contribution in [0.2, 0.25) is 0 Å². The fraction of sp³-hybridized carbons (Fsp3) is 0.316. The normalized spacial score (nSPS) is 11.2. The number of carbonyl (C=O) groups is 1. The maximum absolute atomic E-state index is 12.9. The second-order valence-electron chi connectivity index (χ2n) is 6.42. The van der Waals surface area contributed by atoms with Gasteiger partial charge in [-0.2, -0.15) is 0 Å². The number of amides is 1. The molecule has 0 aromatic heterocycles. The molecule has 2 rings (SSSR count). The Hall–Kier alpha value is -2.09. The number of nitrogens with zero attached hydrogens (tertiary/aromatic N) is 1. The first-order valence-electron chi connectivity index (χ1n) is 7.30. The number of benzene rings is 2. The van der Waals surface area contributed by atoms with Crippen LogP contribution in [0.25, 0.3) is 0 Å². The molecule has 1 amide bonds. The molecule has 0 radical (unpaired) electrons. The van der Waals surface area contributed by atoms with Gasteiger partial charge in [0.15, 0.2) is 0 Å². The second-order valence-corrected chi connectivity index (χ2v) is 6.42. The van der Waals surface area contributed by atoms with Crippen molar-refractivity contribution in [3.05, 3.63) is 71.3 Å². The number of rotatable bonds is 3. The Kier molecular flexibility index (Phi) is 4.46. The van der Waals surface area contributed by atoms with Crippen LogP contribution in [-0.4, -0.2) is 16.3 Å². The third kappa shape index (κ3) is 3.94. The average molecular weight is 281 g/mol. The predicted octanol–water partition coefficient (Wildman–Crippen LogP) is 4.44. The van der Waals surface area contributed by atoms with Gasteiger partial charge in [-0.3, -0.25) is 4.79 Å². The first-order chi connectivity index (χ1) is 9.88. The Morgan fingerprint density at radius 3 is 2.24 bits per heavy atom. The molecule has 0 heterocycles. The highest BCUT2D eigenvalue weighted by Gasteiger charge is 2.27. The zero-order chi connectivity index (χ0) is 15.5. The lowest BCUT2D eigenvalue weighted by Crippen LogP contribution is -2.45. The van der Waals surface area contributed by atoms with Gasteiger partial charge in [-0.25, -0.2) is 0 Å². The zero-order valence-corrected chi connectivity index (χ0v) is 13.3.